The van der Waals surface area contributed by atoms with E-state index in [1.165, 1.54) is 37.4 Å². The maximum absolute atomic E-state index is 15.8. The van der Waals surface area contributed by atoms with Crippen LogP contribution in [0.4, 0.5) is 14.5 Å². The number of aliphatic imine (C=N–C) groups is 1. The number of pyridine rings is 1. The van der Waals surface area contributed by atoms with E-state index < -0.39 is 38.0 Å². The fraction of sp³-hybridized carbons (Fsp3) is 0.567. The van der Waals surface area contributed by atoms with Gasteiger partial charge < -0.3 is 15.8 Å². The Morgan fingerprint density at radius 2 is 1.83 bits per heavy atom. The summed E-state index contributed by atoms with van der Waals surface area (Å²) in [6, 6.07) is 5.80. The number of aldehydes is 1. The fourth-order valence-electron chi connectivity index (χ4n) is 5.97. The zero-order valence-electron chi connectivity index (χ0n) is 24.8. The van der Waals surface area contributed by atoms with E-state index in [1.54, 1.807) is 6.92 Å². The summed E-state index contributed by atoms with van der Waals surface area (Å²) in [5.74, 6) is -1.15. The minimum absolute atomic E-state index is 0.00140. The largest absolute Gasteiger partial charge is 0.371 e. The van der Waals surface area contributed by atoms with E-state index in [2.05, 4.69) is 24.1 Å². The number of carbonyl (C=O) groups is 1. The van der Waals surface area contributed by atoms with Gasteiger partial charge in [0.2, 0.25) is 16.0 Å². The van der Waals surface area contributed by atoms with Gasteiger partial charge in [0.05, 0.1) is 11.9 Å². The Hall–Kier alpha value is -3.08. The van der Waals surface area contributed by atoms with Gasteiger partial charge in [-0.2, -0.15) is 0 Å². The average molecular weight is 592 g/mol. The smallest absolute Gasteiger partial charge is 0.245 e. The van der Waals surface area contributed by atoms with Crippen LogP contribution in [0.15, 0.2) is 41.5 Å². The minimum Gasteiger partial charge on any atom is -0.371 e. The van der Waals surface area contributed by atoms with Crippen LogP contribution in [0.5, 0.6) is 0 Å². The number of carbonyl (C=O) groups excluding carboxylic acids is 1. The van der Waals surface area contributed by atoms with Gasteiger partial charge in [0.1, 0.15) is 34.2 Å². The van der Waals surface area contributed by atoms with Gasteiger partial charge in [0, 0.05) is 18.3 Å². The zero-order valence-corrected chi connectivity index (χ0v) is 25.6. The number of hydrogen-bond donors (Lipinski definition) is 2. The molecule has 0 spiro atoms. The van der Waals surface area contributed by atoms with E-state index in [1.807, 2.05) is 13.8 Å². The van der Waals surface area contributed by atoms with Crippen molar-refractivity contribution < 1.29 is 22.0 Å². The quantitative estimate of drug-likeness (QED) is 0.280. The third kappa shape index (κ3) is 6.10. The zero-order chi connectivity index (χ0) is 30.6. The number of anilines is 1. The van der Waals surface area contributed by atoms with E-state index in [0.717, 1.165) is 29.8 Å². The summed E-state index contributed by atoms with van der Waals surface area (Å²) >= 11 is 0. The van der Waals surface area contributed by atoms with Crippen molar-refractivity contribution in [2.24, 2.45) is 22.6 Å². The molecule has 2 aromatic rings. The number of benzene rings is 1. The van der Waals surface area contributed by atoms with Crippen molar-refractivity contribution in [1.29, 1.82) is 0 Å². The van der Waals surface area contributed by atoms with Gasteiger partial charge in [-0.1, -0.05) is 53.4 Å². The Morgan fingerprint density at radius 1 is 1.12 bits per heavy atom. The lowest BCUT2D eigenvalue weighted by molar-refractivity contribution is -0.108. The fourth-order valence-corrected chi connectivity index (χ4v) is 8.38. The normalized spacial score (nSPS) is 24.3. The minimum atomic E-state index is -4.10. The highest BCUT2D eigenvalue weighted by Crippen LogP contribution is 2.53. The van der Waals surface area contributed by atoms with Crippen LogP contribution in [0.1, 0.15) is 90.4 Å². The summed E-state index contributed by atoms with van der Waals surface area (Å²) in [7, 11) is -2.70. The summed E-state index contributed by atoms with van der Waals surface area (Å²) in [5, 5.41) is 3.01. The SMILES string of the molecule is CCCCC(C)C(C)CC1(CCC)C(C)(c2cc(NC(C=O)c3ccc(F)cn3)ccc2F)N=C(N)N(C)S1(=O)=O. The summed E-state index contributed by atoms with van der Waals surface area (Å²) in [4.78, 5) is 20.6. The second kappa shape index (κ2) is 12.8. The standard InChI is InChI=1S/C30H43F2N5O3S/c1-7-9-10-20(3)21(4)17-30(15-8-2)29(5,36-28(33)37(6)41(30,39)40)24-16-23(12-13-25(24)32)35-27(19-38)26-14-11-22(31)18-34-26/h11-14,16,18-21,27,35H,7-10,15,17H2,1-6H3,(H2,33,36). The number of sulfonamides is 1. The molecule has 5 atom stereocenters. The first kappa shape index (κ1) is 32.4. The molecule has 0 fully saturated rings. The van der Waals surface area contributed by atoms with Crippen molar-refractivity contribution >= 4 is 28.0 Å². The van der Waals surface area contributed by atoms with Gasteiger partial charge in [0.25, 0.3) is 0 Å². The second-order valence-electron chi connectivity index (χ2n) is 11.4. The van der Waals surface area contributed by atoms with Crippen molar-refractivity contribution in [3.05, 3.63) is 59.4 Å². The number of guanidine groups is 1. The Morgan fingerprint density at radius 3 is 2.41 bits per heavy atom. The molecule has 0 saturated heterocycles. The van der Waals surface area contributed by atoms with Crippen molar-refractivity contribution in [2.45, 2.75) is 89.5 Å². The molecule has 0 bridgehead atoms. The van der Waals surface area contributed by atoms with Gasteiger partial charge in [0.15, 0.2) is 0 Å². The number of nitrogens with two attached hydrogens (primary N) is 1. The molecule has 1 aliphatic heterocycles. The van der Waals surface area contributed by atoms with Crippen molar-refractivity contribution in [3.63, 3.8) is 0 Å². The lowest BCUT2D eigenvalue weighted by Gasteiger charge is -2.52. The molecular formula is C30H43F2N5O3S. The molecule has 0 amide bonds. The van der Waals surface area contributed by atoms with Crippen LogP contribution in [0.2, 0.25) is 0 Å². The summed E-state index contributed by atoms with van der Waals surface area (Å²) < 4.78 is 57.5. The molecule has 0 radical (unpaired) electrons. The Balaban J connectivity index is 2.19. The number of nitrogens with one attached hydrogen (secondary N) is 1. The molecule has 0 aliphatic carbocycles. The third-order valence-corrected chi connectivity index (χ3v) is 11.4. The Bertz CT molecular complexity index is 1350. The van der Waals surface area contributed by atoms with Crippen molar-refractivity contribution in [3.8, 4) is 0 Å². The molecule has 226 valence electrons. The van der Waals surface area contributed by atoms with Crippen LogP contribution >= 0.6 is 0 Å². The first-order chi connectivity index (χ1) is 19.3. The predicted octanol–water partition coefficient (Wildman–Crippen LogP) is 5.91. The van der Waals surface area contributed by atoms with E-state index in [4.69, 9.17) is 10.7 Å². The first-order valence-corrected chi connectivity index (χ1v) is 15.7. The van der Waals surface area contributed by atoms with Gasteiger partial charge in [-0.25, -0.2) is 26.5 Å². The molecule has 8 nitrogen and oxygen atoms in total. The third-order valence-electron chi connectivity index (χ3n) is 8.71. The Kier molecular flexibility index (Phi) is 10.2. The maximum Gasteiger partial charge on any atom is 0.245 e. The summed E-state index contributed by atoms with van der Waals surface area (Å²) in [6.07, 6.45) is 5.68. The van der Waals surface area contributed by atoms with E-state index >= 15 is 4.39 Å². The molecule has 41 heavy (non-hydrogen) atoms. The maximum atomic E-state index is 15.8. The van der Waals surface area contributed by atoms with E-state index in [9.17, 15) is 17.6 Å². The van der Waals surface area contributed by atoms with Crippen molar-refractivity contribution in [2.75, 3.05) is 12.4 Å². The number of aromatic nitrogens is 1. The Labute approximate surface area is 242 Å². The monoisotopic (exact) mass is 591 g/mol. The van der Waals surface area contributed by atoms with Crippen LogP contribution in [-0.2, 0) is 20.4 Å². The predicted molar refractivity (Wildman–Crippen MR) is 159 cm³/mol. The highest BCUT2D eigenvalue weighted by atomic mass is 32.2. The lowest BCUT2D eigenvalue weighted by atomic mass is 9.70. The lowest BCUT2D eigenvalue weighted by Crippen LogP contribution is -2.65. The summed E-state index contributed by atoms with van der Waals surface area (Å²) in [6.45, 7) is 9.85. The van der Waals surface area contributed by atoms with Crippen LogP contribution in [-0.4, -0.2) is 41.7 Å². The molecule has 3 N–H and O–H groups in total. The topological polar surface area (TPSA) is 118 Å². The molecule has 5 unspecified atom stereocenters. The van der Waals surface area contributed by atoms with Crippen LogP contribution in [0, 0.1) is 23.5 Å². The summed E-state index contributed by atoms with van der Waals surface area (Å²) in [5.41, 5.74) is 5.30. The van der Waals surface area contributed by atoms with Gasteiger partial charge >= 0.3 is 0 Å². The number of hydrogen-bond acceptors (Lipinski definition) is 7. The van der Waals surface area contributed by atoms with Crippen molar-refractivity contribution in [1.82, 2.24) is 9.29 Å². The first-order valence-electron chi connectivity index (χ1n) is 14.2. The molecule has 0 saturated carbocycles. The molecule has 1 aliphatic rings. The van der Waals surface area contributed by atoms with Gasteiger partial charge in [-0.15, -0.1) is 0 Å². The van der Waals surface area contributed by atoms with E-state index in [-0.39, 0.29) is 41.9 Å². The van der Waals surface area contributed by atoms with Crippen LogP contribution in [0.25, 0.3) is 0 Å². The number of nitrogens with zero attached hydrogens (tertiary/aromatic N) is 3. The average Bonchev–Trinajstić information content (AvgIpc) is 2.94. The highest BCUT2D eigenvalue weighted by molar-refractivity contribution is 7.91. The second-order valence-corrected chi connectivity index (χ2v) is 13.7. The number of halogens is 2. The van der Waals surface area contributed by atoms with Gasteiger partial charge in [-0.05, 0) is 61.9 Å². The molecular weight excluding hydrogens is 548 g/mol. The molecule has 1 aromatic heterocycles. The molecule has 3 rings (SSSR count). The molecule has 11 heteroatoms. The molecule has 2 heterocycles. The molecule has 1 aromatic carbocycles. The van der Waals surface area contributed by atoms with Crippen LogP contribution < -0.4 is 11.1 Å². The van der Waals surface area contributed by atoms with Gasteiger partial charge in [-0.3, -0.25) is 4.98 Å². The number of unbranched alkanes of at least 4 members (excludes halogenated alkanes) is 1. The van der Waals surface area contributed by atoms with E-state index in [0.29, 0.717) is 18.4 Å². The van der Waals surface area contributed by atoms with Crippen LogP contribution in [0.3, 0.4) is 0 Å². The highest BCUT2D eigenvalue weighted by Gasteiger charge is 2.63. The number of rotatable bonds is 13.